The van der Waals surface area contributed by atoms with Crippen molar-refractivity contribution in [2.45, 2.75) is 74.6 Å². The Hall–Kier alpha value is -0.235. The molecule has 2 heterocycles. The smallest absolute Gasteiger partial charge is 0.426 e. The van der Waals surface area contributed by atoms with E-state index >= 15 is 0 Å². The number of hydrogen-bond donors (Lipinski definition) is 3. The molecule has 2 aliphatic heterocycles. The van der Waals surface area contributed by atoms with Crippen LogP contribution in [0.25, 0.3) is 0 Å². The summed E-state index contributed by atoms with van der Waals surface area (Å²) in [6.07, 6.45) is 11.6. The van der Waals surface area contributed by atoms with Crippen molar-refractivity contribution in [3.63, 3.8) is 0 Å². The van der Waals surface area contributed by atoms with E-state index in [-0.39, 0.29) is 11.1 Å². The fourth-order valence-corrected chi connectivity index (χ4v) is 8.29. The highest BCUT2D eigenvalue weighted by Crippen LogP contribution is 2.49. The Morgan fingerprint density at radius 3 is 2.46 bits per heavy atom. The molecular formula is C21H37BN2O3S. The fraction of sp³-hybridized carbons (Fsp3) is 0.952. The van der Waals surface area contributed by atoms with Gasteiger partial charge in [0.2, 0.25) is 5.91 Å². The Balaban J connectivity index is 1.31. The summed E-state index contributed by atoms with van der Waals surface area (Å²) in [6, 6.07) is 0. The van der Waals surface area contributed by atoms with Gasteiger partial charge in [0.25, 0.3) is 0 Å². The predicted molar refractivity (Wildman–Crippen MR) is 115 cm³/mol. The number of nitrogens with two attached hydrogens (primary N) is 1. The lowest BCUT2D eigenvalue weighted by Crippen LogP contribution is -2.46. The van der Waals surface area contributed by atoms with Crippen molar-refractivity contribution in [1.82, 2.24) is 4.90 Å². The minimum Gasteiger partial charge on any atom is -0.426 e. The summed E-state index contributed by atoms with van der Waals surface area (Å²) in [7, 11) is -1.25. The number of piperidine rings is 1. The molecule has 2 saturated heterocycles. The molecule has 4 fully saturated rings. The molecule has 4 aliphatic rings. The first-order valence-corrected chi connectivity index (χ1v) is 12.5. The molecule has 4 rings (SSSR count). The van der Waals surface area contributed by atoms with Crippen LogP contribution in [0.5, 0.6) is 0 Å². The molecule has 0 bridgehead atoms. The van der Waals surface area contributed by atoms with Gasteiger partial charge in [-0.1, -0.05) is 19.3 Å². The van der Waals surface area contributed by atoms with Gasteiger partial charge in [-0.2, -0.15) is 11.8 Å². The standard InChI is InChI=1S/C21H37BN2O3S/c23-13-14-3-1-4-16(11-14)15-7-9-24(10-8-15)21(25)17-5-2-6-19-18(17)12-20(28-19)22(26)27/h14-20,26-27H,1-13,23H2. The van der Waals surface area contributed by atoms with Crippen molar-refractivity contribution in [3.05, 3.63) is 0 Å². The van der Waals surface area contributed by atoms with Gasteiger partial charge in [0.05, 0.1) is 0 Å². The summed E-state index contributed by atoms with van der Waals surface area (Å²) in [6.45, 7) is 2.67. The van der Waals surface area contributed by atoms with E-state index in [1.54, 1.807) is 11.8 Å². The van der Waals surface area contributed by atoms with Gasteiger partial charge >= 0.3 is 7.12 Å². The van der Waals surface area contributed by atoms with Gasteiger partial charge < -0.3 is 20.7 Å². The quantitative estimate of drug-likeness (QED) is 0.622. The maximum Gasteiger partial charge on any atom is 0.465 e. The normalized spacial score (nSPS) is 39.6. The molecular weight excluding hydrogens is 371 g/mol. The molecule has 158 valence electrons. The molecule has 4 N–H and O–H groups in total. The second-order valence-electron chi connectivity index (χ2n) is 9.75. The van der Waals surface area contributed by atoms with Gasteiger partial charge in [-0.15, -0.1) is 0 Å². The van der Waals surface area contributed by atoms with Crippen molar-refractivity contribution in [3.8, 4) is 0 Å². The van der Waals surface area contributed by atoms with Gasteiger partial charge in [0.15, 0.2) is 0 Å². The zero-order chi connectivity index (χ0) is 19.7. The number of fused-ring (bicyclic) bond motifs is 1. The first-order chi connectivity index (χ1) is 13.6. The number of thioether (sulfide) groups is 1. The number of carbonyl (C=O) groups excluding carboxylic acids is 1. The zero-order valence-corrected chi connectivity index (χ0v) is 17.9. The van der Waals surface area contributed by atoms with Crippen LogP contribution in [0, 0.1) is 29.6 Å². The summed E-state index contributed by atoms with van der Waals surface area (Å²) in [4.78, 5) is 15.5. The van der Waals surface area contributed by atoms with Gasteiger partial charge in [0, 0.05) is 29.4 Å². The number of nitrogens with zero attached hydrogens (tertiary/aromatic N) is 1. The van der Waals surface area contributed by atoms with E-state index in [0.717, 1.165) is 70.0 Å². The van der Waals surface area contributed by atoms with E-state index in [9.17, 15) is 14.8 Å². The van der Waals surface area contributed by atoms with Crippen LogP contribution >= 0.6 is 11.8 Å². The molecule has 0 radical (unpaired) electrons. The van der Waals surface area contributed by atoms with E-state index < -0.39 is 7.12 Å². The molecule has 0 aromatic rings. The van der Waals surface area contributed by atoms with E-state index in [4.69, 9.17) is 5.73 Å². The molecule has 6 atom stereocenters. The number of hydrogen-bond acceptors (Lipinski definition) is 5. The first kappa shape index (κ1) is 21.0. The van der Waals surface area contributed by atoms with Crippen molar-refractivity contribution in [1.29, 1.82) is 0 Å². The minimum atomic E-state index is -1.25. The summed E-state index contributed by atoms with van der Waals surface area (Å²) >= 11 is 1.71. The zero-order valence-electron chi connectivity index (χ0n) is 17.0. The SMILES string of the molecule is NCC1CCCC(C2CCN(C(=O)C3CCCC4SC(B(O)O)CC43)CC2)C1. The lowest BCUT2D eigenvalue weighted by atomic mass is 9.70. The van der Waals surface area contributed by atoms with Crippen LogP contribution in [-0.2, 0) is 4.79 Å². The highest BCUT2D eigenvalue weighted by molar-refractivity contribution is 8.02. The molecule has 2 aliphatic carbocycles. The third-order valence-electron chi connectivity index (χ3n) is 8.18. The number of rotatable bonds is 4. The number of likely N-dealkylation sites (tertiary alicyclic amines) is 1. The van der Waals surface area contributed by atoms with Crippen LogP contribution < -0.4 is 5.73 Å². The molecule has 28 heavy (non-hydrogen) atoms. The monoisotopic (exact) mass is 408 g/mol. The average Bonchev–Trinajstić information content (AvgIpc) is 3.18. The Morgan fingerprint density at radius 1 is 1.00 bits per heavy atom. The van der Waals surface area contributed by atoms with Crippen molar-refractivity contribution >= 4 is 24.8 Å². The second-order valence-corrected chi connectivity index (χ2v) is 11.2. The summed E-state index contributed by atoms with van der Waals surface area (Å²) in [5, 5.41) is 19.5. The van der Waals surface area contributed by atoms with E-state index in [1.807, 2.05) is 0 Å². The van der Waals surface area contributed by atoms with E-state index in [0.29, 0.717) is 23.0 Å². The third kappa shape index (κ3) is 4.42. The fourth-order valence-electron chi connectivity index (χ4n) is 6.56. The molecule has 7 heteroatoms. The van der Waals surface area contributed by atoms with Gasteiger partial charge in [-0.05, 0) is 75.2 Å². The number of carbonyl (C=O) groups is 1. The van der Waals surface area contributed by atoms with Crippen LogP contribution in [0.2, 0.25) is 0 Å². The Kier molecular flexibility index (Phi) is 6.96. The maximum atomic E-state index is 13.3. The molecule has 0 spiro atoms. The molecule has 5 nitrogen and oxygen atoms in total. The van der Waals surface area contributed by atoms with Gasteiger partial charge in [0.1, 0.15) is 0 Å². The topological polar surface area (TPSA) is 86.8 Å². The van der Waals surface area contributed by atoms with Crippen molar-refractivity contribution in [2.24, 2.45) is 35.3 Å². The average molecular weight is 408 g/mol. The Labute approximate surface area is 174 Å². The van der Waals surface area contributed by atoms with Crippen LogP contribution in [0.15, 0.2) is 0 Å². The highest BCUT2D eigenvalue weighted by Gasteiger charge is 2.48. The summed E-state index contributed by atoms with van der Waals surface area (Å²) in [5.41, 5.74) is 5.92. The molecule has 0 aromatic heterocycles. The minimum absolute atomic E-state index is 0.0999. The van der Waals surface area contributed by atoms with Crippen LogP contribution in [0.4, 0.5) is 0 Å². The predicted octanol–water partition coefficient (Wildman–Crippen LogP) is 2.29. The molecule has 1 amide bonds. The largest absolute Gasteiger partial charge is 0.465 e. The van der Waals surface area contributed by atoms with Crippen molar-refractivity contribution < 1.29 is 14.8 Å². The van der Waals surface area contributed by atoms with E-state index in [2.05, 4.69) is 4.90 Å². The molecule has 2 saturated carbocycles. The van der Waals surface area contributed by atoms with Crippen molar-refractivity contribution in [2.75, 3.05) is 19.6 Å². The van der Waals surface area contributed by atoms with Crippen LogP contribution in [0.3, 0.4) is 0 Å². The summed E-state index contributed by atoms with van der Waals surface area (Å²) < 4.78 is 0. The Bertz CT molecular complexity index is 544. The number of amides is 1. The first-order valence-electron chi connectivity index (χ1n) is 11.6. The molecule has 6 unspecified atom stereocenters. The van der Waals surface area contributed by atoms with Gasteiger partial charge in [-0.25, -0.2) is 0 Å². The second kappa shape index (κ2) is 9.28. The van der Waals surface area contributed by atoms with Crippen LogP contribution in [-0.4, -0.2) is 58.0 Å². The van der Waals surface area contributed by atoms with Gasteiger partial charge in [-0.3, -0.25) is 4.79 Å². The lowest BCUT2D eigenvalue weighted by Gasteiger charge is -2.42. The molecule has 0 aromatic carbocycles. The lowest BCUT2D eigenvalue weighted by molar-refractivity contribution is -0.140. The van der Waals surface area contributed by atoms with E-state index in [1.165, 1.54) is 25.7 Å². The highest BCUT2D eigenvalue weighted by atomic mass is 32.2. The van der Waals surface area contributed by atoms with Crippen LogP contribution in [0.1, 0.15) is 64.2 Å². The third-order valence-corrected chi connectivity index (χ3v) is 9.90. The summed E-state index contributed by atoms with van der Waals surface area (Å²) in [5.74, 6) is 3.09. The Morgan fingerprint density at radius 2 is 1.75 bits per heavy atom. The maximum absolute atomic E-state index is 13.3.